The number of ketones is 1. The van der Waals surface area contributed by atoms with E-state index in [1.807, 2.05) is 0 Å². The van der Waals surface area contributed by atoms with Gasteiger partial charge in [0.25, 0.3) is 0 Å². The molecule has 2 saturated carbocycles. The third-order valence-electron chi connectivity index (χ3n) is 11.9. The number of rotatable bonds is 7. The molecule has 1 aromatic rings. The minimum absolute atomic E-state index is 0.0600. The SMILES string of the molecule is CN(C)CCN1CCN(Cc2ccc(C3CC(=O)C=C4CC[C@@H]5C(=C43)CC[C@@]3(C)[C@H]5CCC3(O)C(F)(F)C(F)(F)F)cc2)CC1. The molecule has 4 aliphatic carbocycles. The number of benzene rings is 1. The molecule has 0 bridgehead atoms. The van der Waals surface area contributed by atoms with E-state index in [9.17, 15) is 31.9 Å². The molecule has 0 spiro atoms. The van der Waals surface area contributed by atoms with Crippen molar-refractivity contribution in [2.45, 2.75) is 82.0 Å². The predicted molar refractivity (Wildman–Crippen MR) is 163 cm³/mol. The molecule has 2 unspecified atom stereocenters. The molecule has 0 aromatic heterocycles. The van der Waals surface area contributed by atoms with Gasteiger partial charge in [0, 0.05) is 63.6 Å². The van der Waals surface area contributed by atoms with E-state index in [1.165, 1.54) is 12.5 Å². The van der Waals surface area contributed by atoms with Crippen LogP contribution in [0.25, 0.3) is 0 Å². The number of allylic oxidation sites excluding steroid dienone is 4. The van der Waals surface area contributed by atoms with Crippen molar-refractivity contribution in [2.24, 2.45) is 17.3 Å². The maximum atomic E-state index is 14.9. The highest BCUT2D eigenvalue weighted by atomic mass is 19.4. The Morgan fingerprint density at radius 2 is 1.62 bits per heavy atom. The number of hydrogen-bond acceptors (Lipinski definition) is 5. The van der Waals surface area contributed by atoms with Gasteiger partial charge in [0.1, 0.15) is 5.60 Å². The van der Waals surface area contributed by atoms with Crippen molar-refractivity contribution in [3.63, 3.8) is 0 Å². The fourth-order valence-corrected chi connectivity index (χ4v) is 9.31. The molecule has 5 atom stereocenters. The first kappa shape index (κ1) is 32.8. The number of hydrogen-bond donors (Lipinski definition) is 1. The van der Waals surface area contributed by atoms with Crippen molar-refractivity contribution in [1.82, 2.24) is 14.7 Å². The highest BCUT2D eigenvalue weighted by molar-refractivity contribution is 5.94. The van der Waals surface area contributed by atoms with Gasteiger partial charge in [-0.2, -0.15) is 22.0 Å². The van der Waals surface area contributed by atoms with Crippen molar-refractivity contribution in [3.05, 3.63) is 58.2 Å². The lowest BCUT2D eigenvalue weighted by Crippen LogP contribution is -2.64. The smallest absolute Gasteiger partial charge is 0.383 e. The highest BCUT2D eigenvalue weighted by Crippen LogP contribution is 2.68. The maximum Gasteiger partial charge on any atom is 0.456 e. The zero-order valence-corrected chi connectivity index (χ0v) is 26.6. The lowest BCUT2D eigenvalue weighted by atomic mass is 9.53. The number of carbonyl (C=O) groups is 1. The quantitative estimate of drug-likeness (QED) is 0.362. The fourth-order valence-electron chi connectivity index (χ4n) is 9.31. The van der Waals surface area contributed by atoms with Crippen LogP contribution in [0.5, 0.6) is 0 Å². The first-order chi connectivity index (χ1) is 21.1. The normalized spacial score (nSPS) is 33.2. The van der Waals surface area contributed by atoms with E-state index in [4.69, 9.17) is 0 Å². The number of fused-ring (bicyclic) bond motifs is 4. The summed E-state index contributed by atoms with van der Waals surface area (Å²) < 4.78 is 70.4. The molecular formula is C35H46F5N3O2. The Morgan fingerprint density at radius 1 is 0.956 bits per heavy atom. The second kappa shape index (κ2) is 11.8. The number of piperazine rings is 1. The van der Waals surface area contributed by atoms with Crippen LogP contribution in [-0.4, -0.2) is 96.7 Å². The Hall–Kier alpha value is -2.14. The van der Waals surface area contributed by atoms with Crippen molar-refractivity contribution in [3.8, 4) is 0 Å². The van der Waals surface area contributed by atoms with Gasteiger partial charge in [-0.1, -0.05) is 36.8 Å². The van der Waals surface area contributed by atoms with Gasteiger partial charge >= 0.3 is 12.1 Å². The van der Waals surface area contributed by atoms with Crippen LogP contribution in [0, 0.1) is 17.3 Å². The van der Waals surface area contributed by atoms with Gasteiger partial charge in [-0.05, 0) is 92.8 Å². The topological polar surface area (TPSA) is 47.0 Å². The summed E-state index contributed by atoms with van der Waals surface area (Å²) in [4.78, 5) is 20.1. The van der Waals surface area contributed by atoms with Crippen molar-refractivity contribution in [2.75, 3.05) is 53.4 Å². The summed E-state index contributed by atoms with van der Waals surface area (Å²) in [6.45, 7) is 8.57. The van der Waals surface area contributed by atoms with Crippen LogP contribution in [0.1, 0.15) is 68.9 Å². The number of alkyl halides is 5. The Morgan fingerprint density at radius 3 is 2.27 bits per heavy atom. The van der Waals surface area contributed by atoms with Gasteiger partial charge in [-0.3, -0.25) is 14.6 Å². The minimum Gasteiger partial charge on any atom is -0.383 e. The van der Waals surface area contributed by atoms with E-state index in [0.717, 1.165) is 68.1 Å². The third kappa shape index (κ3) is 5.61. The van der Waals surface area contributed by atoms with Crippen molar-refractivity contribution >= 4 is 5.78 Å². The van der Waals surface area contributed by atoms with E-state index in [1.54, 1.807) is 6.08 Å². The van der Waals surface area contributed by atoms with E-state index in [2.05, 4.69) is 53.1 Å². The molecule has 1 aromatic carbocycles. The molecule has 1 aliphatic heterocycles. The van der Waals surface area contributed by atoms with Gasteiger partial charge in [0.05, 0.1) is 0 Å². The molecule has 1 saturated heterocycles. The lowest BCUT2D eigenvalue weighted by Gasteiger charge is -2.53. The van der Waals surface area contributed by atoms with Gasteiger partial charge in [0.15, 0.2) is 5.78 Å². The van der Waals surface area contributed by atoms with Gasteiger partial charge in [0.2, 0.25) is 0 Å². The molecule has 3 fully saturated rings. The van der Waals surface area contributed by atoms with E-state index >= 15 is 0 Å². The Balaban J connectivity index is 1.21. The molecule has 5 nitrogen and oxygen atoms in total. The average molecular weight is 636 g/mol. The first-order valence-corrected chi connectivity index (χ1v) is 16.5. The van der Waals surface area contributed by atoms with Crippen LogP contribution in [0.2, 0.25) is 0 Å². The minimum atomic E-state index is -5.82. The Kier molecular flexibility index (Phi) is 8.62. The summed E-state index contributed by atoms with van der Waals surface area (Å²) in [6, 6.07) is 8.48. The number of nitrogens with zero attached hydrogens (tertiary/aromatic N) is 3. The summed E-state index contributed by atoms with van der Waals surface area (Å²) in [7, 11) is 4.19. The number of halogens is 5. The van der Waals surface area contributed by atoms with Gasteiger partial charge < -0.3 is 10.0 Å². The Labute approximate surface area is 263 Å². The largest absolute Gasteiger partial charge is 0.456 e. The fraction of sp³-hybridized carbons (Fsp3) is 0.686. The summed E-state index contributed by atoms with van der Waals surface area (Å²) in [5, 5.41) is 11.1. The molecule has 1 N–H and O–H groups in total. The number of likely N-dealkylation sites (N-methyl/N-ethyl adjacent to an activating group) is 1. The predicted octanol–water partition coefficient (Wildman–Crippen LogP) is 6.19. The zero-order valence-electron chi connectivity index (χ0n) is 26.6. The van der Waals surface area contributed by atoms with Gasteiger partial charge in [-0.25, -0.2) is 0 Å². The van der Waals surface area contributed by atoms with Crippen LogP contribution in [0.3, 0.4) is 0 Å². The standard InChI is InChI=1S/C35H46F5N3O2/c1-32-12-10-28-27(30(32)11-13-33(32,45)34(36,37)35(38,39)40)9-8-25-20-26(44)21-29(31(25)28)24-6-4-23(5-7-24)22-43-18-16-42(17-19-43)15-14-41(2)3/h4-7,20,27,29-30,45H,8-19,21-22H2,1-3H3/t27-,29?,30+,32+,33?/m1/s1. The monoisotopic (exact) mass is 635 g/mol. The molecule has 248 valence electrons. The summed E-state index contributed by atoms with van der Waals surface area (Å²) in [5.74, 6) is -5.94. The zero-order chi connectivity index (χ0) is 32.4. The van der Waals surface area contributed by atoms with E-state index < -0.39 is 35.5 Å². The van der Waals surface area contributed by atoms with Gasteiger partial charge in [-0.15, -0.1) is 0 Å². The molecule has 10 heteroatoms. The van der Waals surface area contributed by atoms with Crippen LogP contribution in [0.4, 0.5) is 22.0 Å². The second-order valence-electron chi connectivity index (χ2n) is 14.6. The molecule has 1 heterocycles. The van der Waals surface area contributed by atoms with E-state index in [0.29, 0.717) is 25.7 Å². The lowest BCUT2D eigenvalue weighted by molar-refractivity contribution is -0.362. The third-order valence-corrected chi connectivity index (χ3v) is 11.9. The van der Waals surface area contributed by atoms with Crippen molar-refractivity contribution in [1.29, 1.82) is 0 Å². The summed E-state index contributed by atoms with van der Waals surface area (Å²) in [6.07, 6.45) is -2.63. The Bertz CT molecular complexity index is 1350. The molecule has 0 radical (unpaired) electrons. The number of aliphatic hydroxyl groups is 1. The van der Waals surface area contributed by atoms with Crippen molar-refractivity contribution < 1.29 is 31.9 Å². The molecule has 45 heavy (non-hydrogen) atoms. The van der Waals surface area contributed by atoms with Crippen LogP contribution >= 0.6 is 0 Å². The molecule has 0 amide bonds. The first-order valence-electron chi connectivity index (χ1n) is 16.5. The molecule has 6 rings (SSSR count). The average Bonchev–Trinajstić information content (AvgIpc) is 3.27. The second-order valence-corrected chi connectivity index (χ2v) is 14.6. The van der Waals surface area contributed by atoms with Crippen LogP contribution in [-0.2, 0) is 11.3 Å². The van der Waals surface area contributed by atoms with Crippen LogP contribution in [0.15, 0.2) is 47.1 Å². The molecular weight excluding hydrogens is 589 g/mol. The number of carbonyl (C=O) groups excluding carboxylic acids is 1. The maximum absolute atomic E-state index is 14.9. The van der Waals surface area contributed by atoms with E-state index in [-0.39, 0.29) is 30.5 Å². The van der Waals surface area contributed by atoms with Crippen LogP contribution < -0.4 is 0 Å². The summed E-state index contributed by atoms with van der Waals surface area (Å²) >= 11 is 0. The summed E-state index contributed by atoms with van der Waals surface area (Å²) in [5.41, 5.74) is 0.732. The molecule has 5 aliphatic rings. The highest BCUT2D eigenvalue weighted by Gasteiger charge is 2.78.